The minimum atomic E-state index is -0.390. The van der Waals surface area contributed by atoms with Gasteiger partial charge in [0.25, 0.3) is 5.91 Å². The number of benzene rings is 1. The van der Waals surface area contributed by atoms with Gasteiger partial charge in [-0.1, -0.05) is 12.1 Å². The molecule has 0 radical (unpaired) electrons. The average molecular weight is 283 g/mol. The second-order valence-corrected chi connectivity index (χ2v) is 4.94. The number of carbonyl (C=O) groups excluding carboxylic acids is 1. The predicted molar refractivity (Wildman–Crippen MR) is 79.0 cm³/mol. The molecule has 4 nitrogen and oxygen atoms in total. The van der Waals surface area contributed by atoms with Crippen LogP contribution in [0, 0.1) is 19.7 Å². The van der Waals surface area contributed by atoms with Crippen molar-refractivity contribution in [2.75, 3.05) is 5.32 Å². The van der Waals surface area contributed by atoms with Gasteiger partial charge in [-0.2, -0.15) is 0 Å². The number of amides is 1. The highest BCUT2D eigenvalue weighted by Gasteiger charge is 2.16. The van der Waals surface area contributed by atoms with E-state index in [2.05, 4.69) is 10.3 Å². The highest BCUT2D eigenvalue weighted by Crippen LogP contribution is 2.16. The van der Waals surface area contributed by atoms with E-state index in [9.17, 15) is 9.18 Å². The smallest absolute Gasteiger partial charge is 0.274 e. The molecule has 0 saturated carbocycles. The zero-order valence-electron chi connectivity index (χ0n) is 11.7. The Hall–Kier alpha value is -2.69. The fourth-order valence-electron chi connectivity index (χ4n) is 2.30. The van der Waals surface area contributed by atoms with Crippen LogP contribution in [0.15, 0.2) is 42.6 Å². The molecular weight excluding hydrogens is 269 g/mol. The summed E-state index contributed by atoms with van der Waals surface area (Å²) in [5.41, 5.74) is 3.25. The maximum absolute atomic E-state index is 13.2. The summed E-state index contributed by atoms with van der Waals surface area (Å²) in [6, 6.07) is 9.61. The van der Waals surface area contributed by atoms with E-state index in [-0.39, 0.29) is 5.91 Å². The van der Waals surface area contributed by atoms with Crippen LogP contribution in [0.5, 0.6) is 0 Å². The Labute approximate surface area is 121 Å². The molecule has 21 heavy (non-hydrogen) atoms. The number of hydrogen-bond donors (Lipinski definition) is 1. The number of fused-ring (bicyclic) bond motifs is 1. The van der Waals surface area contributed by atoms with E-state index in [0.717, 1.165) is 5.56 Å². The van der Waals surface area contributed by atoms with Gasteiger partial charge in [-0.05, 0) is 43.7 Å². The fourth-order valence-corrected chi connectivity index (χ4v) is 2.30. The molecule has 1 amide bonds. The van der Waals surface area contributed by atoms with Crippen LogP contribution in [0.25, 0.3) is 5.65 Å². The van der Waals surface area contributed by atoms with Crippen molar-refractivity contribution in [1.29, 1.82) is 0 Å². The van der Waals surface area contributed by atoms with Gasteiger partial charge in [0.1, 0.15) is 17.2 Å². The molecule has 1 aromatic carbocycles. The highest BCUT2D eigenvalue weighted by molar-refractivity contribution is 6.04. The number of rotatable bonds is 2. The Kier molecular flexibility index (Phi) is 3.17. The van der Waals surface area contributed by atoms with Crippen molar-refractivity contribution >= 4 is 17.2 Å². The van der Waals surface area contributed by atoms with Gasteiger partial charge in [-0.25, -0.2) is 9.37 Å². The number of aryl methyl sites for hydroxylation is 2. The van der Waals surface area contributed by atoms with Crippen LogP contribution in [0.1, 0.15) is 21.7 Å². The number of halogens is 1. The third-order valence-electron chi connectivity index (χ3n) is 3.24. The summed E-state index contributed by atoms with van der Waals surface area (Å²) in [4.78, 5) is 16.8. The van der Waals surface area contributed by atoms with Crippen molar-refractivity contribution in [3.63, 3.8) is 0 Å². The lowest BCUT2D eigenvalue weighted by Crippen LogP contribution is -2.15. The molecule has 0 fully saturated rings. The van der Waals surface area contributed by atoms with Crippen LogP contribution in [0.4, 0.5) is 10.1 Å². The van der Waals surface area contributed by atoms with E-state index in [1.165, 1.54) is 12.1 Å². The summed E-state index contributed by atoms with van der Waals surface area (Å²) < 4.78 is 14.9. The Balaban J connectivity index is 2.01. The molecule has 2 aromatic heterocycles. The first-order valence-electron chi connectivity index (χ1n) is 6.57. The topological polar surface area (TPSA) is 46.4 Å². The van der Waals surface area contributed by atoms with Crippen LogP contribution in [0.2, 0.25) is 0 Å². The maximum Gasteiger partial charge on any atom is 0.274 e. The quantitative estimate of drug-likeness (QED) is 0.784. The standard InChI is InChI=1S/C16H14FN3O/c1-10-6-7-14-18-11(2)15(20(14)9-10)16(21)19-13-5-3-4-12(17)8-13/h3-9H,1-2H3,(H,19,21). The number of pyridine rings is 1. The van der Waals surface area contributed by atoms with Crippen molar-refractivity contribution < 1.29 is 9.18 Å². The van der Waals surface area contributed by atoms with E-state index >= 15 is 0 Å². The molecular formula is C16H14FN3O. The number of imidazole rings is 1. The van der Waals surface area contributed by atoms with Crippen molar-refractivity contribution in [3.05, 3.63) is 65.4 Å². The van der Waals surface area contributed by atoms with E-state index in [1.54, 1.807) is 23.5 Å². The Morgan fingerprint density at radius 3 is 2.81 bits per heavy atom. The molecule has 5 heteroatoms. The highest BCUT2D eigenvalue weighted by atomic mass is 19.1. The maximum atomic E-state index is 13.2. The largest absolute Gasteiger partial charge is 0.321 e. The average Bonchev–Trinajstić information content (AvgIpc) is 2.74. The molecule has 1 N–H and O–H groups in total. The molecule has 0 saturated heterocycles. The number of carbonyl (C=O) groups is 1. The molecule has 0 aliphatic heterocycles. The van der Waals surface area contributed by atoms with Crippen molar-refractivity contribution in [3.8, 4) is 0 Å². The van der Waals surface area contributed by atoms with Crippen LogP contribution in [0.3, 0.4) is 0 Å². The van der Waals surface area contributed by atoms with E-state index in [0.29, 0.717) is 22.7 Å². The molecule has 3 aromatic rings. The van der Waals surface area contributed by atoms with Gasteiger partial charge >= 0.3 is 0 Å². The number of anilines is 1. The minimum Gasteiger partial charge on any atom is -0.321 e. The first-order chi connectivity index (χ1) is 10.0. The number of nitrogens with one attached hydrogen (secondary N) is 1. The SMILES string of the molecule is Cc1ccc2nc(C)c(C(=O)Nc3cccc(F)c3)n2c1. The first-order valence-corrected chi connectivity index (χ1v) is 6.57. The van der Waals surface area contributed by atoms with Gasteiger partial charge in [0.2, 0.25) is 0 Å². The third-order valence-corrected chi connectivity index (χ3v) is 3.24. The Bertz CT molecular complexity index is 839. The molecule has 0 spiro atoms. The second kappa shape index (κ2) is 5.01. The number of aromatic nitrogens is 2. The second-order valence-electron chi connectivity index (χ2n) is 4.94. The Morgan fingerprint density at radius 1 is 1.24 bits per heavy atom. The lowest BCUT2D eigenvalue weighted by atomic mass is 10.2. The molecule has 106 valence electrons. The molecule has 0 aliphatic carbocycles. The van der Waals surface area contributed by atoms with Gasteiger partial charge in [-0.3, -0.25) is 9.20 Å². The summed E-state index contributed by atoms with van der Waals surface area (Å²) in [5, 5.41) is 2.70. The summed E-state index contributed by atoms with van der Waals surface area (Å²) in [5.74, 6) is -0.699. The Morgan fingerprint density at radius 2 is 2.05 bits per heavy atom. The minimum absolute atomic E-state index is 0.309. The zero-order valence-corrected chi connectivity index (χ0v) is 11.7. The van der Waals surface area contributed by atoms with Gasteiger partial charge < -0.3 is 5.32 Å². The fraction of sp³-hybridized carbons (Fsp3) is 0.125. The first kappa shape index (κ1) is 13.3. The molecule has 0 aliphatic rings. The van der Waals surface area contributed by atoms with Gasteiger partial charge in [-0.15, -0.1) is 0 Å². The van der Waals surface area contributed by atoms with Crippen molar-refractivity contribution in [1.82, 2.24) is 9.38 Å². The van der Waals surface area contributed by atoms with E-state index in [1.807, 2.05) is 25.3 Å². The summed E-state index contributed by atoms with van der Waals surface area (Å²) in [6.07, 6.45) is 1.86. The molecule has 0 atom stereocenters. The van der Waals surface area contributed by atoms with Crippen LogP contribution in [-0.2, 0) is 0 Å². The monoisotopic (exact) mass is 283 g/mol. The van der Waals surface area contributed by atoms with Crippen molar-refractivity contribution in [2.45, 2.75) is 13.8 Å². The third kappa shape index (κ3) is 2.50. The number of hydrogen-bond acceptors (Lipinski definition) is 2. The molecule has 2 heterocycles. The van der Waals surface area contributed by atoms with Gasteiger partial charge in [0.15, 0.2) is 0 Å². The summed E-state index contributed by atoms with van der Waals surface area (Å²) in [7, 11) is 0. The molecule has 3 rings (SSSR count). The van der Waals surface area contributed by atoms with Crippen LogP contribution >= 0.6 is 0 Å². The lowest BCUT2D eigenvalue weighted by molar-refractivity contribution is 0.102. The van der Waals surface area contributed by atoms with Crippen LogP contribution in [-0.4, -0.2) is 15.3 Å². The van der Waals surface area contributed by atoms with Crippen LogP contribution < -0.4 is 5.32 Å². The van der Waals surface area contributed by atoms with Gasteiger partial charge in [0.05, 0.1) is 5.69 Å². The normalized spacial score (nSPS) is 10.8. The van der Waals surface area contributed by atoms with Gasteiger partial charge in [0, 0.05) is 11.9 Å². The predicted octanol–water partition coefficient (Wildman–Crippen LogP) is 3.34. The molecule has 0 bridgehead atoms. The van der Waals surface area contributed by atoms with E-state index < -0.39 is 5.82 Å². The lowest BCUT2D eigenvalue weighted by Gasteiger charge is -2.06. The number of nitrogens with zero attached hydrogens (tertiary/aromatic N) is 2. The summed E-state index contributed by atoms with van der Waals surface area (Å²) in [6.45, 7) is 3.73. The summed E-state index contributed by atoms with van der Waals surface area (Å²) >= 11 is 0. The van der Waals surface area contributed by atoms with E-state index in [4.69, 9.17) is 0 Å². The van der Waals surface area contributed by atoms with Crippen molar-refractivity contribution in [2.24, 2.45) is 0 Å². The zero-order chi connectivity index (χ0) is 15.0. The molecule has 0 unspecified atom stereocenters.